The van der Waals surface area contributed by atoms with E-state index in [-0.39, 0.29) is 11.7 Å². The van der Waals surface area contributed by atoms with Gasteiger partial charge >= 0.3 is 0 Å². The molecule has 0 N–H and O–H groups in total. The van der Waals surface area contributed by atoms with Crippen LogP contribution in [0.5, 0.6) is 0 Å². The van der Waals surface area contributed by atoms with Gasteiger partial charge in [-0.2, -0.15) is 0 Å². The Morgan fingerprint density at radius 1 is 1.16 bits per heavy atom. The second-order valence-corrected chi connectivity index (χ2v) is 9.16. The number of thioether (sulfide) groups is 1. The summed E-state index contributed by atoms with van der Waals surface area (Å²) in [5.41, 5.74) is 3.57. The number of hydrogen-bond donors (Lipinski definition) is 0. The maximum absolute atomic E-state index is 13.2. The van der Waals surface area contributed by atoms with E-state index in [2.05, 4.69) is 18.1 Å². The van der Waals surface area contributed by atoms with Gasteiger partial charge in [-0.25, -0.2) is 9.97 Å². The van der Waals surface area contributed by atoms with Crippen LogP contribution >= 0.6 is 23.4 Å². The van der Waals surface area contributed by atoms with Crippen molar-refractivity contribution in [2.24, 2.45) is 0 Å². The molecule has 3 aromatic heterocycles. The lowest BCUT2D eigenvalue weighted by atomic mass is 10.2. The van der Waals surface area contributed by atoms with Crippen LogP contribution in [0.4, 0.5) is 0 Å². The van der Waals surface area contributed by atoms with Crippen molar-refractivity contribution in [1.29, 1.82) is 0 Å². The number of imidazole rings is 1. The Labute approximate surface area is 190 Å². The van der Waals surface area contributed by atoms with E-state index in [1.807, 2.05) is 36.6 Å². The molecule has 0 radical (unpaired) electrons. The molecule has 3 heterocycles. The Morgan fingerprint density at radius 3 is 2.81 bits per heavy atom. The molecule has 31 heavy (non-hydrogen) atoms. The van der Waals surface area contributed by atoms with E-state index in [1.54, 1.807) is 22.8 Å². The number of fused-ring (bicyclic) bond motifs is 2. The zero-order valence-electron chi connectivity index (χ0n) is 17.8. The summed E-state index contributed by atoms with van der Waals surface area (Å²) in [6, 6.07) is 9.26. The fraction of sp³-hybridized carbons (Fsp3) is 0.348. The highest BCUT2D eigenvalue weighted by atomic mass is 35.5. The van der Waals surface area contributed by atoms with Crippen molar-refractivity contribution >= 4 is 39.9 Å². The van der Waals surface area contributed by atoms with Gasteiger partial charge in [0.25, 0.3) is 5.56 Å². The molecule has 4 aromatic rings. The summed E-state index contributed by atoms with van der Waals surface area (Å²) in [4.78, 5) is 22.6. The van der Waals surface area contributed by atoms with Crippen LogP contribution in [-0.4, -0.2) is 31.6 Å². The summed E-state index contributed by atoms with van der Waals surface area (Å²) in [6.45, 7) is 7.21. The van der Waals surface area contributed by atoms with Crippen LogP contribution in [-0.2, 0) is 17.0 Å². The summed E-state index contributed by atoms with van der Waals surface area (Å²) in [5, 5.41) is 1.80. The molecule has 0 spiro atoms. The fourth-order valence-corrected chi connectivity index (χ4v) is 4.46. The van der Waals surface area contributed by atoms with Gasteiger partial charge in [0.05, 0.1) is 22.7 Å². The van der Waals surface area contributed by atoms with E-state index in [1.165, 1.54) is 17.3 Å². The first kappa shape index (κ1) is 21.9. The van der Waals surface area contributed by atoms with Crippen molar-refractivity contribution in [2.75, 3.05) is 6.61 Å². The lowest BCUT2D eigenvalue weighted by Crippen LogP contribution is -2.24. The highest BCUT2D eigenvalue weighted by molar-refractivity contribution is 7.98. The topological polar surface area (TPSA) is 61.4 Å². The van der Waals surface area contributed by atoms with E-state index in [0.29, 0.717) is 40.0 Å². The summed E-state index contributed by atoms with van der Waals surface area (Å²) >= 11 is 7.65. The number of benzene rings is 1. The highest BCUT2D eigenvalue weighted by Gasteiger charge is 2.13. The second kappa shape index (κ2) is 9.42. The third-order valence-electron chi connectivity index (χ3n) is 4.86. The Kier molecular flexibility index (Phi) is 6.65. The molecule has 0 aliphatic carbocycles. The molecule has 0 unspecified atom stereocenters. The first-order chi connectivity index (χ1) is 14.9. The van der Waals surface area contributed by atoms with Crippen LogP contribution in [0.25, 0.3) is 16.6 Å². The number of aromatic nitrogens is 4. The minimum Gasteiger partial charge on any atom is -0.379 e. The number of pyridine rings is 1. The molecule has 0 saturated carbocycles. The molecule has 6 nitrogen and oxygen atoms in total. The molecule has 0 bridgehead atoms. The normalized spacial score (nSPS) is 11.8. The van der Waals surface area contributed by atoms with Crippen molar-refractivity contribution in [3.8, 4) is 0 Å². The number of nitrogens with zero attached hydrogens (tertiary/aromatic N) is 4. The smallest absolute Gasteiger partial charge is 0.262 e. The summed E-state index contributed by atoms with van der Waals surface area (Å²) < 4.78 is 9.41. The molecule has 1 aromatic carbocycles. The Bertz CT molecular complexity index is 1280. The fourth-order valence-electron chi connectivity index (χ4n) is 3.39. The standard InChI is InChI=1S/C23H25ClN4O2S/c1-15(2)30-10-4-9-28-22(29)19-7-6-17(24)11-20(19)26-23(28)31-14-18-13-27-12-16(3)5-8-21(27)25-18/h5-8,11-13,15H,4,9-10,14H2,1-3H3. The first-order valence-corrected chi connectivity index (χ1v) is 11.7. The molecule has 162 valence electrons. The van der Waals surface area contributed by atoms with Gasteiger partial charge in [0.2, 0.25) is 0 Å². The van der Waals surface area contributed by atoms with Crippen molar-refractivity contribution in [3.63, 3.8) is 0 Å². The second-order valence-electron chi connectivity index (χ2n) is 7.78. The summed E-state index contributed by atoms with van der Waals surface area (Å²) in [6.07, 6.45) is 4.98. The van der Waals surface area contributed by atoms with Crippen LogP contribution in [0.15, 0.2) is 52.7 Å². The SMILES string of the molecule is Cc1ccc2nc(CSc3nc4cc(Cl)ccc4c(=O)n3CCCOC(C)C)cn2c1. The molecule has 0 saturated heterocycles. The van der Waals surface area contributed by atoms with Crippen molar-refractivity contribution < 1.29 is 4.74 Å². The lowest BCUT2D eigenvalue weighted by molar-refractivity contribution is 0.0743. The van der Waals surface area contributed by atoms with E-state index >= 15 is 0 Å². The van der Waals surface area contributed by atoms with Crippen molar-refractivity contribution in [1.82, 2.24) is 18.9 Å². The maximum atomic E-state index is 13.2. The lowest BCUT2D eigenvalue weighted by Gasteiger charge is -2.14. The van der Waals surface area contributed by atoms with E-state index in [9.17, 15) is 4.79 Å². The number of ether oxygens (including phenoxy) is 1. The maximum Gasteiger partial charge on any atom is 0.262 e. The minimum atomic E-state index is -0.0562. The number of rotatable bonds is 8. The van der Waals surface area contributed by atoms with Gasteiger partial charge in [0.15, 0.2) is 5.16 Å². The van der Waals surface area contributed by atoms with E-state index < -0.39 is 0 Å². The molecule has 8 heteroatoms. The third-order valence-corrected chi connectivity index (χ3v) is 6.10. The molecule has 0 atom stereocenters. The highest BCUT2D eigenvalue weighted by Crippen LogP contribution is 2.24. The van der Waals surface area contributed by atoms with Gasteiger partial charge in [-0.15, -0.1) is 0 Å². The van der Waals surface area contributed by atoms with E-state index in [0.717, 1.165) is 17.8 Å². The monoisotopic (exact) mass is 456 g/mol. The minimum absolute atomic E-state index is 0.0562. The molecular weight excluding hydrogens is 432 g/mol. The van der Waals surface area contributed by atoms with Crippen molar-refractivity contribution in [3.05, 3.63) is 69.4 Å². The summed E-state index contributed by atoms with van der Waals surface area (Å²) in [7, 11) is 0. The van der Waals surface area contributed by atoms with Gasteiger partial charge in [-0.05, 0) is 57.0 Å². The average molecular weight is 457 g/mol. The molecule has 0 amide bonds. The van der Waals surface area contributed by atoms with Crippen molar-refractivity contribution in [2.45, 2.75) is 50.8 Å². The zero-order valence-corrected chi connectivity index (χ0v) is 19.4. The van der Waals surface area contributed by atoms with Crippen LogP contribution in [0.3, 0.4) is 0 Å². The first-order valence-electron chi connectivity index (χ1n) is 10.3. The Balaban J connectivity index is 1.62. The number of aryl methyl sites for hydroxylation is 1. The molecular formula is C23H25ClN4O2S. The van der Waals surface area contributed by atoms with Gasteiger partial charge in [0.1, 0.15) is 5.65 Å². The Hall–Kier alpha value is -2.35. The zero-order chi connectivity index (χ0) is 22.0. The quantitative estimate of drug-likeness (QED) is 0.209. The van der Waals surface area contributed by atoms with E-state index in [4.69, 9.17) is 21.3 Å². The van der Waals surface area contributed by atoms with Gasteiger partial charge in [-0.1, -0.05) is 29.4 Å². The summed E-state index contributed by atoms with van der Waals surface area (Å²) in [5.74, 6) is 0.613. The molecule has 0 aliphatic rings. The molecule has 0 aliphatic heterocycles. The van der Waals surface area contributed by atoms with Crippen LogP contribution in [0, 0.1) is 6.92 Å². The third kappa shape index (κ3) is 5.11. The van der Waals surface area contributed by atoms with Gasteiger partial charge in [-0.3, -0.25) is 9.36 Å². The van der Waals surface area contributed by atoms with Gasteiger partial charge < -0.3 is 9.14 Å². The predicted octanol–water partition coefficient (Wildman–Crippen LogP) is 5.11. The number of hydrogen-bond acceptors (Lipinski definition) is 5. The Morgan fingerprint density at radius 2 is 2.00 bits per heavy atom. The molecule has 4 rings (SSSR count). The largest absolute Gasteiger partial charge is 0.379 e. The van der Waals surface area contributed by atoms with Crippen LogP contribution in [0.1, 0.15) is 31.5 Å². The number of halogens is 1. The predicted molar refractivity (Wildman–Crippen MR) is 126 cm³/mol. The molecule has 0 fully saturated rings. The average Bonchev–Trinajstić information content (AvgIpc) is 3.12. The van der Waals surface area contributed by atoms with Gasteiger partial charge in [0, 0.05) is 36.3 Å². The van der Waals surface area contributed by atoms with Crippen LogP contribution in [0.2, 0.25) is 5.02 Å². The van der Waals surface area contributed by atoms with Crippen LogP contribution < -0.4 is 5.56 Å².